The zero-order valence-electron chi connectivity index (χ0n) is 55.5. The van der Waals surface area contributed by atoms with Gasteiger partial charge in [-0.1, -0.05) is 352 Å². The number of hydrogen-bond acceptors (Lipinski definition) is 5. The molecule has 0 aromatic carbocycles. The number of aliphatic hydroxyl groups excluding tert-OH is 2. The molecule has 0 heterocycles. The first-order valence-corrected chi connectivity index (χ1v) is 37.2. The molecular formula is C76H145NO5. The van der Waals surface area contributed by atoms with Crippen LogP contribution in [0.25, 0.3) is 0 Å². The number of rotatable bonds is 70. The summed E-state index contributed by atoms with van der Waals surface area (Å²) in [6.07, 6.45) is 92.1. The molecule has 0 aromatic rings. The van der Waals surface area contributed by atoms with E-state index in [-0.39, 0.29) is 18.5 Å². The minimum absolute atomic E-state index is 0.00472. The molecule has 6 heteroatoms. The third-order valence-electron chi connectivity index (χ3n) is 17.4. The number of nitrogens with one attached hydrogen (secondary N) is 1. The van der Waals surface area contributed by atoms with Gasteiger partial charge in [0.05, 0.1) is 25.4 Å². The lowest BCUT2D eigenvalue weighted by molar-refractivity contribution is -0.143. The smallest absolute Gasteiger partial charge is 0.305 e. The monoisotopic (exact) mass is 1150 g/mol. The van der Waals surface area contributed by atoms with Gasteiger partial charge in [-0.25, -0.2) is 0 Å². The van der Waals surface area contributed by atoms with Crippen molar-refractivity contribution in [1.29, 1.82) is 0 Å². The summed E-state index contributed by atoms with van der Waals surface area (Å²) >= 11 is 0. The molecule has 0 fully saturated rings. The van der Waals surface area contributed by atoms with Crippen LogP contribution in [0.15, 0.2) is 36.5 Å². The highest BCUT2D eigenvalue weighted by atomic mass is 16.5. The predicted octanol–water partition coefficient (Wildman–Crippen LogP) is 24.3. The van der Waals surface area contributed by atoms with E-state index >= 15 is 0 Å². The van der Waals surface area contributed by atoms with Gasteiger partial charge in [0, 0.05) is 12.8 Å². The van der Waals surface area contributed by atoms with Gasteiger partial charge in [0.15, 0.2) is 0 Å². The summed E-state index contributed by atoms with van der Waals surface area (Å²) in [7, 11) is 0. The number of amides is 1. The van der Waals surface area contributed by atoms with Crippen LogP contribution >= 0.6 is 0 Å². The van der Waals surface area contributed by atoms with Crippen LogP contribution in [0, 0.1) is 0 Å². The molecule has 0 radical (unpaired) electrons. The average molecular weight is 1150 g/mol. The van der Waals surface area contributed by atoms with Crippen LogP contribution in [-0.4, -0.2) is 47.4 Å². The SMILES string of the molecule is CCCCCC/C=C\C/C=C\CCCCCCCC(=O)OCCCCCCCCCCCCCC/C=C\CCCCCCCCCCCCCCCCCC(=O)NC(CO)C(O)CCCCCCCCCCCCCCCCCCCC. The van der Waals surface area contributed by atoms with Crippen LogP contribution in [0.2, 0.25) is 0 Å². The molecular weight excluding hydrogens is 1010 g/mol. The van der Waals surface area contributed by atoms with Crippen LogP contribution in [0.5, 0.6) is 0 Å². The molecule has 0 bridgehead atoms. The lowest BCUT2D eigenvalue weighted by Crippen LogP contribution is -2.45. The Balaban J connectivity index is 3.36. The number of esters is 1. The summed E-state index contributed by atoms with van der Waals surface area (Å²) < 4.78 is 5.49. The molecule has 0 rings (SSSR count). The van der Waals surface area contributed by atoms with E-state index in [1.54, 1.807) is 0 Å². The van der Waals surface area contributed by atoms with E-state index in [1.807, 2.05) is 0 Å². The van der Waals surface area contributed by atoms with Gasteiger partial charge in [0.1, 0.15) is 0 Å². The topological polar surface area (TPSA) is 95.9 Å². The molecule has 0 aliphatic carbocycles. The molecule has 82 heavy (non-hydrogen) atoms. The maximum Gasteiger partial charge on any atom is 0.305 e. The largest absolute Gasteiger partial charge is 0.466 e. The number of allylic oxidation sites excluding steroid dienone is 6. The fourth-order valence-corrected chi connectivity index (χ4v) is 11.7. The summed E-state index contributed by atoms with van der Waals surface area (Å²) in [6.45, 7) is 4.97. The fourth-order valence-electron chi connectivity index (χ4n) is 11.7. The Morgan fingerprint density at radius 3 is 0.951 bits per heavy atom. The minimum atomic E-state index is -0.664. The standard InChI is InChI=1S/C76H145NO5/c1-3-5-7-9-11-13-15-17-19-21-37-40-44-48-52-56-60-64-68-74(79)73(72-78)77-75(80)69-65-61-57-53-49-45-41-38-35-33-31-29-27-25-23-22-24-26-28-30-32-34-36-39-43-47-51-55-59-63-67-71-82-76(81)70-66-62-58-54-50-46-42-20-18-16-14-12-10-8-6-4-2/h14,16,20,24,26,42,73-74,78-79H,3-13,15,17-19,21-23,25,27-41,43-72H2,1-2H3,(H,77,80)/b16-14-,26-24-,42-20-. The predicted molar refractivity (Wildman–Crippen MR) is 361 cm³/mol. The van der Waals surface area contributed by atoms with Gasteiger partial charge in [-0.2, -0.15) is 0 Å². The van der Waals surface area contributed by atoms with Crippen molar-refractivity contribution in [3.8, 4) is 0 Å². The quantitative estimate of drug-likeness (QED) is 0.0320. The van der Waals surface area contributed by atoms with Crippen LogP contribution in [-0.2, 0) is 14.3 Å². The normalized spacial score (nSPS) is 12.7. The number of unbranched alkanes of at least 4 members (excludes halogenated alkanes) is 53. The van der Waals surface area contributed by atoms with Gasteiger partial charge in [-0.05, 0) is 83.5 Å². The van der Waals surface area contributed by atoms with E-state index in [2.05, 4.69) is 55.6 Å². The Morgan fingerprint density at radius 1 is 0.341 bits per heavy atom. The van der Waals surface area contributed by atoms with Crippen LogP contribution in [0.4, 0.5) is 0 Å². The molecule has 0 aromatic heterocycles. The van der Waals surface area contributed by atoms with Gasteiger partial charge >= 0.3 is 5.97 Å². The maximum atomic E-state index is 12.5. The zero-order chi connectivity index (χ0) is 59.2. The molecule has 2 atom stereocenters. The van der Waals surface area contributed by atoms with Crippen molar-refractivity contribution in [2.24, 2.45) is 0 Å². The molecule has 0 saturated heterocycles. The molecule has 3 N–H and O–H groups in total. The second-order valence-corrected chi connectivity index (χ2v) is 25.6. The number of ether oxygens (including phenoxy) is 1. The maximum absolute atomic E-state index is 12.5. The van der Waals surface area contributed by atoms with Crippen molar-refractivity contribution in [1.82, 2.24) is 5.32 Å². The van der Waals surface area contributed by atoms with Gasteiger partial charge < -0.3 is 20.3 Å². The lowest BCUT2D eigenvalue weighted by atomic mass is 10.0. The first-order chi connectivity index (χ1) is 40.5. The lowest BCUT2D eigenvalue weighted by Gasteiger charge is -2.22. The Kier molecular flexibility index (Phi) is 69.9. The molecule has 484 valence electrons. The molecule has 0 aliphatic rings. The van der Waals surface area contributed by atoms with Crippen LogP contribution in [0.1, 0.15) is 412 Å². The summed E-state index contributed by atoms with van der Waals surface area (Å²) in [4.78, 5) is 24.6. The highest BCUT2D eigenvalue weighted by molar-refractivity contribution is 5.76. The van der Waals surface area contributed by atoms with Crippen molar-refractivity contribution in [3.63, 3.8) is 0 Å². The van der Waals surface area contributed by atoms with E-state index in [4.69, 9.17) is 4.74 Å². The van der Waals surface area contributed by atoms with Gasteiger partial charge in [-0.15, -0.1) is 0 Å². The second kappa shape index (κ2) is 71.6. The summed E-state index contributed by atoms with van der Waals surface area (Å²) in [5.41, 5.74) is 0. The Hall–Kier alpha value is -1.92. The van der Waals surface area contributed by atoms with E-state index in [9.17, 15) is 19.8 Å². The van der Waals surface area contributed by atoms with E-state index in [0.29, 0.717) is 25.9 Å². The van der Waals surface area contributed by atoms with Crippen molar-refractivity contribution in [2.45, 2.75) is 424 Å². The second-order valence-electron chi connectivity index (χ2n) is 25.6. The highest BCUT2D eigenvalue weighted by Gasteiger charge is 2.20. The molecule has 0 saturated carbocycles. The average Bonchev–Trinajstić information content (AvgIpc) is 3.48. The van der Waals surface area contributed by atoms with Gasteiger partial charge in [0.2, 0.25) is 5.91 Å². The van der Waals surface area contributed by atoms with Crippen molar-refractivity contribution >= 4 is 11.9 Å². The zero-order valence-corrected chi connectivity index (χ0v) is 55.5. The van der Waals surface area contributed by atoms with Crippen LogP contribution in [0.3, 0.4) is 0 Å². The minimum Gasteiger partial charge on any atom is -0.466 e. The third kappa shape index (κ3) is 67.2. The van der Waals surface area contributed by atoms with E-state index < -0.39 is 12.1 Å². The Morgan fingerprint density at radius 2 is 0.610 bits per heavy atom. The summed E-state index contributed by atoms with van der Waals surface area (Å²) in [5, 5.41) is 23.4. The first kappa shape index (κ1) is 80.1. The van der Waals surface area contributed by atoms with Gasteiger partial charge in [-0.3, -0.25) is 9.59 Å². The summed E-state index contributed by atoms with van der Waals surface area (Å²) in [5.74, 6) is -0.0244. The molecule has 6 nitrogen and oxygen atoms in total. The number of carbonyl (C=O) groups is 2. The van der Waals surface area contributed by atoms with Crippen molar-refractivity contribution in [3.05, 3.63) is 36.5 Å². The van der Waals surface area contributed by atoms with Crippen molar-refractivity contribution in [2.75, 3.05) is 13.2 Å². The number of aliphatic hydroxyl groups is 2. The highest BCUT2D eigenvalue weighted by Crippen LogP contribution is 2.19. The Bertz CT molecular complexity index is 1330. The third-order valence-corrected chi connectivity index (χ3v) is 17.4. The Labute approximate surface area is 513 Å². The molecule has 2 unspecified atom stereocenters. The van der Waals surface area contributed by atoms with Gasteiger partial charge in [0.25, 0.3) is 0 Å². The summed E-state index contributed by atoms with van der Waals surface area (Å²) in [6, 6.07) is -0.541. The van der Waals surface area contributed by atoms with Crippen molar-refractivity contribution < 1.29 is 24.5 Å². The van der Waals surface area contributed by atoms with E-state index in [1.165, 1.54) is 327 Å². The van der Waals surface area contributed by atoms with Crippen LogP contribution < -0.4 is 5.32 Å². The fraction of sp³-hybridized carbons (Fsp3) is 0.895. The molecule has 0 spiro atoms. The molecule has 1 amide bonds. The van der Waals surface area contributed by atoms with E-state index in [0.717, 1.165) is 51.4 Å². The molecule has 0 aliphatic heterocycles. The number of hydrogen-bond donors (Lipinski definition) is 3. The number of carbonyl (C=O) groups excluding carboxylic acids is 2. The first-order valence-electron chi connectivity index (χ1n) is 37.2.